The van der Waals surface area contributed by atoms with Crippen molar-refractivity contribution in [2.24, 2.45) is 10.2 Å². The van der Waals surface area contributed by atoms with Gasteiger partial charge in [-0.3, -0.25) is 10.2 Å². The number of carbonyl (C=O) groups is 1. The van der Waals surface area contributed by atoms with Crippen LogP contribution in [0.1, 0.15) is 11.1 Å². The van der Waals surface area contributed by atoms with Crippen molar-refractivity contribution in [3.05, 3.63) is 58.6 Å². The first-order chi connectivity index (χ1) is 13.1. The molecule has 1 amide bonds. The second kappa shape index (κ2) is 7.00. The first-order valence-electron chi connectivity index (χ1n) is 7.97. The third-order valence-corrected chi connectivity index (χ3v) is 3.94. The molecule has 2 aromatic carbocycles. The summed E-state index contributed by atoms with van der Waals surface area (Å²) >= 11 is 5.97. The van der Waals surface area contributed by atoms with E-state index in [-0.39, 0.29) is 11.8 Å². The van der Waals surface area contributed by atoms with E-state index in [4.69, 9.17) is 16.3 Å². The molecule has 0 aliphatic carbocycles. The van der Waals surface area contributed by atoms with Crippen LogP contribution in [0, 0.1) is 6.92 Å². The molecule has 2 N–H and O–H groups in total. The third kappa shape index (κ3) is 3.70. The highest BCUT2D eigenvalue weighted by Crippen LogP contribution is 2.27. The molecule has 0 saturated carbocycles. The number of hydrogen-bond acceptors (Lipinski definition) is 7. The van der Waals surface area contributed by atoms with Crippen molar-refractivity contribution in [1.82, 2.24) is 15.4 Å². The van der Waals surface area contributed by atoms with Crippen LogP contribution in [0.5, 0.6) is 5.88 Å². The van der Waals surface area contributed by atoms with E-state index < -0.39 is 5.91 Å². The highest BCUT2D eigenvalue weighted by atomic mass is 35.5. The lowest BCUT2D eigenvalue weighted by Gasteiger charge is -2.15. The van der Waals surface area contributed by atoms with E-state index in [2.05, 4.69) is 31.0 Å². The number of anilines is 1. The molecule has 0 radical (unpaired) electrons. The molecule has 27 heavy (non-hydrogen) atoms. The predicted molar refractivity (Wildman–Crippen MR) is 103 cm³/mol. The van der Waals surface area contributed by atoms with Crippen molar-refractivity contribution in [3.8, 4) is 5.88 Å². The Balaban J connectivity index is 1.47. The van der Waals surface area contributed by atoms with E-state index in [1.54, 1.807) is 18.2 Å². The predicted octanol–water partition coefficient (Wildman–Crippen LogP) is 2.86. The van der Waals surface area contributed by atoms with Crippen molar-refractivity contribution in [1.29, 1.82) is 0 Å². The summed E-state index contributed by atoms with van der Waals surface area (Å²) in [6.07, 6.45) is 1.53. The number of hydrogen-bond donors (Lipinski definition) is 2. The number of rotatable bonds is 3. The number of hydrazone groups is 2. The molecule has 3 aromatic rings. The number of halogens is 1. The van der Waals surface area contributed by atoms with Gasteiger partial charge in [-0.25, -0.2) is 15.4 Å². The normalized spacial score (nSPS) is 12.9. The fourth-order valence-corrected chi connectivity index (χ4v) is 2.50. The fraction of sp³-hybridized carbons (Fsp3) is 0.0556. The van der Waals surface area contributed by atoms with Gasteiger partial charge in [-0.2, -0.15) is 5.10 Å². The van der Waals surface area contributed by atoms with Crippen LogP contribution in [0.4, 0.5) is 5.82 Å². The molecule has 0 atom stereocenters. The molecule has 134 valence electrons. The van der Waals surface area contributed by atoms with Crippen molar-refractivity contribution in [2.75, 3.05) is 5.43 Å². The Bertz CT molecular complexity index is 1090. The number of carbonyl (C=O) groups excluding carboxylic acids is 1. The van der Waals surface area contributed by atoms with E-state index in [0.29, 0.717) is 21.9 Å². The molecule has 1 aliphatic heterocycles. The number of ether oxygens (including phenoxy) is 1. The van der Waals surface area contributed by atoms with Crippen LogP contribution < -0.4 is 15.6 Å². The Labute approximate surface area is 158 Å². The zero-order valence-electron chi connectivity index (χ0n) is 14.1. The fourth-order valence-electron chi connectivity index (χ4n) is 2.34. The molecule has 1 aromatic heterocycles. The van der Waals surface area contributed by atoms with Crippen molar-refractivity contribution < 1.29 is 9.53 Å². The van der Waals surface area contributed by atoms with Crippen LogP contribution in [0.2, 0.25) is 5.02 Å². The largest absolute Gasteiger partial charge is 0.411 e. The molecular weight excluding hydrogens is 368 g/mol. The topological polar surface area (TPSA) is 101 Å². The summed E-state index contributed by atoms with van der Waals surface area (Å²) in [6, 6.07) is 12.8. The molecule has 0 bridgehead atoms. The van der Waals surface area contributed by atoms with Gasteiger partial charge in [-0.15, -0.1) is 5.10 Å². The SMILES string of the molecule is Cc1ccc(/C=N/NC(=O)C2=NNc3nc4ccc(Cl)cc4nc3O2)cc1. The average molecular weight is 381 g/mol. The van der Waals surface area contributed by atoms with Crippen LogP contribution in [0.3, 0.4) is 0 Å². The van der Waals surface area contributed by atoms with E-state index >= 15 is 0 Å². The number of nitrogens with one attached hydrogen (secondary N) is 2. The van der Waals surface area contributed by atoms with Gasteiger partial charge in [0.1, 0.15) is 0 Å². The Morgan fingerprint density at radius 1 is 1.19 bits per heavy atom. The zero-order valence-corrected chi connectivity index (χ0v) is 14.9. The van der Waals surface area contributed by atoms with E-state index in [0.717, 1.165) is 11.1 Å². The van der Waals surface area contributed by atoms with Gasteiger partial charge in [0, 0.05) is 5.02 Å². The maximum atomic E-state index is 12.2. The lowest BCUT2D eigenvalue weighted by molar-refractivity contribution is -0.115. The maximum Gasteiger partial charge on any atom is 0.328 e. The van der Waals surface area contributed by atoms with Crippen molar-refractivity contribution in [2.45, 2.75) is 6.92 Å². The summed E-state index contributed by atoms with van der Waals surface area (Å²) in [5.74, 6) is -0.402. The average Bonchev–Trinajstić information content (AvgIpc) is 2.67. The first-order valence-corrected chi connectivity index (χ1v) is 8.35. The number of benzene rings is 2. The molecule has 0 unspecified atom stereocenters. The summed E-state index contributed by atoms with van der Waals surface area (Å²) in [4.78, 5) is 20.8. The van der Waals surface area contributed by atoms with Crippen LogP contribution in [0.25, 0.3) is 11.0 Å². The Morgan fingerprint density at radius 2 is 2.00 bits per heavy atom. The van der Waals surface area contributed by atoms with E-state index in [1.165, 1.54) is 6.21 Å². The smallest absolute Gasteiger partial charge is 0.328 e. The minimum atomic E-state index is -0.621. The van der Waals surface area contributed by atoms with Crippen LogP contribution in [0.15, 0.2) is 52.7 Å². The first kappa shape index (κ1) is 16.9. The van der Waals surface area contributed by atoms with Gasteiger partial charge in [0.15, 0.2) is 0 Å². The highest BCUT2D eigenvalue weighted by molar-refractivity contribution is 6.36. The van der Waals surface area contributed by atoms with Crippen LogP contribution in [-0.4, -0.2) is 28.0 Å². The summed E-state index contributed by atoms with van der Waals surface area (Å²) in [5.41, 5.74) is 8.18. The zero-order chi connectivity index (χ0) is 18.8. The van der Waals surface area contributed by atoms with Crippen LogP contribution in [-0.2, 0) is 4.79 Å². The molecular formula is C18H13ClN6O2. The van der Waals surface area contributed by atoms with Crippen LogP contribution >= 0.6 is 11.6 Å². The Hall–Kier alpha value is -3.52. The molecule has 2 heterocycles. The van der Waals surface area contributed by atoms with Gasteiger partial charge in [0.2, 0.25) is 5.82 Å². The minimum absolute atomic E-state index is 0.132. The van der Waals surface area contributed by atoms with Crippen molar-refractivity contribution in [3.63, 3.8) is 0 Å². The standard InChI is InChI=1S/C18H13ClN6O2/c1-10-2-4-11(5-3-10)9-20-24-16(26)18-25-23-15-17(27-18)22-14-8-12(19)6-7-13(14)21-15/h2-9H,1H3,(H,21,23)(H,24,26)/b20-9+. The number of nitrogens with zero attached hydrogens (tertiary/aromatic N) is 4. The molecule has 8 nitrogen and oxygen atoms in total. The summed E-state index contributed by atoms with van der Waals surface area (Å²) in [6.45, 7) is 1.99. The van der Waals surface area contributed by atoms with E-state index in [1.807, 2.05) is 31.2 Å². The second-order valence-corrected chi connectivity index (χ2v) is 6.19. The van der Waals surface area contributed by atoms with Crippen molar-refractivity contribution >= 4 is 46.5 Å². The number of fused-ring (bicyclic) bond motifs is 2. The van der Waals surface area contributed by atoms with Gasteiger partial charge >= 0.3 is 11.8 Å². The third-order valence-electron chi connectivity index (χ3n) is 3.70. The van der Waals surface area contributed by atoms with Gasteiger partial charge in [0.25, 0.3) is 5.88 Å². The lowest BCUT2D eigenvalue weighted by Crippen LogP contribution is -2.34. The van der Waals surface area contributed by atoms with Gasteiger partial charge < -0.3 is 4.74 Å². The second-order valence-electron chi connectivity index (χ2n) is 5.75. The minimum Gasteiger partial charge on any atom is -0.411 e. The number of amides is 1. The summed E-state index contributed by atoms with van der Waals surface area (Å²) in [7, 11) is 0. The Morgan fingerprint density at radius 3 is 2.81 bits per heavy atom. The maximum absolute atomic E-state index is 12.2. The lowest BCUT2D eigenvalue weighted by atomic mass is 10.2. The molecule has 9 heteroatoms. The summed E-state index contributed by atoms with van der Waals surface area (Å²) in [5, 5.41) is 8.29. The molecule has 1 aliphatic rings. The molecule has 0 saturated heterocycles. The molecule has 4 rings (SSSR count). The van der Waals surface area contributed by atoms with Gasteiger partial charge in [-0.05, 0) is 30.7 Å². The quantitative estimate of drug-likeness (QED) is 0.537. The summed E-state index contributed by atoms with van der Waals surface area (Å²) < 4.78 is 5.45. The number of aryl methyl sites for hydroxylation is 1. The van der Waals surface area contributed by atoms with E-state index in [9.17, 15) is 4.79 Å². The highest BCUT2D eigenvalue weighted by Gasteiger charge is 2.23. The van der Waals surface area contributed by atoms with Gasteiger partial charge in [0.05, 0.1) is 17.2 Å². The Kier molecular flexibility index (Phi) is 4.39. The number of aromatic nitrogens is 2. The molecule has 0 fully saturated rings. The molecule has 0 spiro atoms. The monoisotopic (exact) mass is 380 g/mol. The van der Waals surface area contributed by atoms with Gasteiger partial charge in [-0.1, -0.05) is 41.4 Å².